The quantitative estimate of drug-likeness (QED) is 0.416. The molecule has 15 heavy (non-hydrogen) atoms. The van der Waals surface area contributed by atoms with Gasteiger partial charge in [0.05, 0.1) is 4.05 Å². The predicted molar refractivity (Wildman–Crippen MR) is 73.5 cm³/mol. The lowest BCUT2D eigenvalue weighted by Crippen LogP contribution is -2.59. The third kappa shape index (κ3) is 2.34. The minimum Gasteiger partial charge on any atom is -0.295 e. The Morgan fingerprint density at radius 3 is 1.93 bits per heavy atom. The zero-order valence-electron chi connectivity index (χ0n) is 10.3. The van der Waals surface area contributed by atoms with Crippen LogP contribution < -0.4 is 0 Å². The second-order valence-electron chi connectivity index (χ2n) is 5.98. The van der Waals surface area contributed by atoms with Gasteiger partial charge in [0.15, 0.2) is 0 Å². The van der Waals surface area contributed by atoms with Crippen molar-refractivity contribution in [1.29, 1.82) is 0 Å². The molecule has 0 radical (unpaired) electrons. The van der Waals surface area contributed by atoms with Crippen molar-refractivity contribution in [2.24, 2.45) is 0 Å². The van der Waals surface area contributed by atoms with Gasteiger partial charge in [-0.3, -0.25) is 9.80 Å². The number of nitrogens with zero attached hydrogens (tertiary/aromatic N) is 2. The largest absolute Gasteiger partial charge is 0.295 e. The zero-order chi connectivity index (χ0) is 11.2. The van der Waals surface area contributed by atoms with Crippen molar-refractivity contribution in [3.05, 3.63) is 0 Å². The van der Waals surface area contributed by atoms with Gasteiger partial charge >= 0.3 is 0 Å². The lowest BCUT2D eigenvalue weighted by atomic mass is 10.0. The lowest BCUT2D eigenvalue weighted by molar-refractivity contribution is 0.0153. The van der Waals surface area contributed by atoms with E-state index < -0.39 is 0 Å². The van der Waals surface area contributed by atoms with Crippen LogP contribution in [0.25, 0.3) is 0 Å². The van der Waals surface area contributed by atoms with Crippen LogP contribution in [0.4, 0.5) is 0 Å². The van der Waals surface area contributed by atoms with Gasteiger partial charge in [-0.25, -0.2) is 0 Å². The molecule has 2 rings (SSSR count). The molecule has 2 bridgehead atoms. The van der Waals surface area contributed by atoms with E-state index in [1.807, 2.05) is 0 Å². The van der Waals surface area contributed by atoms with Gasteiger partial charge < -0.3 is 0 Å². The molecule has 2 nitrogen and oxygen atoms in total. The third-order valence-corrected chi connectivity index (χ3v) is 4.54. The van der Waals surface area contributed by atoms with Crippen LogP contribution in [0.2, 0.25) is 0 Å². The number of hydrogen-bond acceptors (Lipinski definition) is 2. The normalized spacial score (nSPS) is 35.8. The molecule has 2 aliphatic heterocycles. The van der Waals surface area contributed by atoms with E-state index in [4.69, 9.17) is 0 Å². The molecule has 3 unspecified atom stereocenters. The Morgan fingerprint density at radius 2 is 1.60 bits per heavy atom. The average Bonchev–Trinajstić information content (AvgIpc) is 2.35. The number of fused-ring (bicyclic) bond motifs is 2. The van der Waals surface area contributed by atoms with Crippen LogP contribution in [-0.2, 0) is 0 Å². The van der Waals surface area contributed by atoms with Crippen molar-refractivity contribution in [1.82, 2.24) is 9.80 Å². The van der Waals surface area contributed by atoms with Crippen molar-refractivity contribution in [2.75, 3.05) is 13.1 Å². The van der Waals surface area contributed by atoms with Gasteiger partial charge in [-0.1, -0.05) is 22.6 Å². The minimum absolute atomic E-state index is 0.349. The van der Waals surface area contributed by atoms with Crippen LogP contribution in [-0.4, -0.2) is 44.6 Å². The average molecular weight is 322 g/mol. The number of hydrogen-bond donors (Lipinski definition) is 0. The van der Waals surface area contributed by atoms with Crippen molar-refractivity contribution in [3.63, 3.8) is 0 Å². The van der Waals surface area contributed by atoms with Crippen molar-refractivity contribution in [2.45, 2.75) is 62.2 Å². The van der Waals surface area contributed by atoms with Crippen LogP contribution in [0.5, 0.6) is 0 Å². The van der Waals surface area contributed by atoms with E-state index in [1.54, 1.807) is 0 Å². The highest BCUT2D eigenvalue weighted by Gasteiger charge is 2.43. The molecule has 0 N–H and O–H groups in total. The van der Waals surface area contributed by atoms with E-state index in [0.29, 0.717) is 9.59 Å². The molecule has 0 saturated carbocycles. The topological polar surface area (TPSA) is 6.48 Å². The fourth-order valence-electron chi connectivity index (χ4n) is 3.06. The molecule has 88 valence electrons. The van der Waals surface area contributed by atoms with Crippen LogP contribution in [0, 0.1) is 0 Å². The first-order chi connectivity index (χ1) is 6.89. The summed E-state index contributed by atoms with van der Waals surface area (Å²) in [6, 6.07) is 1.63. The minimum atomic E-state index is 0.349. The number of rotatable bonds is 1. The van der Waals surface area contributed by atoms with Crippen LogP contribution in [0.1, 0.15) is 40.5 Å². The standard InChI is InChI=1S/C12H23IN2/c1-9(13)15-10-5-6-11(15)8-14(7-10)12(2,3)4/h9-11H,5-8H2,1-4H3. The first-order valence-electron chi connectivity index (χ1n) is 6.06. The fourth-order valence-corrected chi connectivity index (χ4v) is 3.97. The van der Waals surface area contributed by atoms with Crippen molar-refractivity contribution < 1.29 is 0 Å². The Labute approximate surface area is 108 Å². The Kier molecular flexibility index (Phi) is 3.35. The summed E-state index contributed by atoms with van der Waals surface area (Å²) < 4.78 is 0.696. The van der Waals surface area contributed by atoms with E-state index in [2.05, 4.69) is 60.1 Å². The van der Waals surface area contributed by atoms with Crippen molar-refractivity contribution >= 4 is 22.6 Å². The number of piperazine rings is 1. The highest BCUT2D eigenvalue weighted by molar-refractivity contribution is 14.1. The van der Waals surface area contributed by atoms with E-state index in [-0.39, 0.29) is 0 Å². The maximum atomic E-state index is 2.74. The molecule has 2 saturated heterocycles. The second-order valence-corrected chi connectivity index (χ2v) is 7.78. The summed E-state index contributed by atoms with van der Waals surface area (Å²) in [5.74, 6) is 0. The van der Waals surface area contributed by atoms with Crippen LogP contribution >= 0.6 is 22.6 Å². The number of likely N-dealkylation sites (tertiary alicyclic amines) is 1. The van der Waals surface area contributed by atoms with E-state index in [0.717, 1.165) is 12.1 Å². The number of halogens is 1. The lowest BCUT2D eigenvalue weighted by Gasteiger charge is -2.47. The molecule has 0 aromatic rings. The van der Waals surface area contributed by atoms with Gasteiger partial charge in [0.2, 0.25) is 0 Å². The van der Waals surface area contributed by atoms with Gasteiger partial charge in [0.1, 0.15) is 0 Å². The monoisotopic (exact) mass is 322 g/mol. The molecule has 2 aliphatic rings. The summed E-state index contributed by atoms with van der Waals surface area (Å²) >= 11 is 2.57. The Balaban J connectivity index is 2.08. The SMILES string of the molecule is CC(I)N1C2CCC1CN(C(C)(C)C)C2. The Morgan fingerprint density at radius 1 is 1.13 bits per heavy atom. The molecule has 2 heterocycles. The van der Waals surface area contributed by atoms with Gasteiger partial charge in [0.25, 0.3) is 0 Å². The summed E-state index contributed by atoms with van der Waals surface area (Å²) in [5, 5.41) is 0. The number of alkyl halides is 1. The van der Waals surface area contributed by atoms with Crippen molar-refractivity contribution in [3.8, 4) is 0 Å². The molecule has 3 heteroatoms. The fraction of sp³-hybridized carbons (Fsp3) is 1.00. The summed E-state index contributed by atoms with van der Waals surface area (Å²) in [6.07, 6.45) is 2.81. The molecule has 0 aromatic carbocycles. The maximum absolute atomic E-state index is 2.74. The first kappa shape index (κ1) is 12.1. The van der Waals surface area contributed by atoms with Gasteiger partial charge in [-0.15, -0.1) is 0 Å². The van der Waals surface area contributed by atoms with Crippen LogP contribution in [0.15, 0.2) is 0 Å². The highest BCUT2D eigenvalue weighted by atomic mass is 127. The zero-order valence-corrected chi connectivity index (χ0v) is 12.5. The molecule has 0 aliphatic carbocycles. The van der Waals surface area contributed by atoms with Crippen LogP contribution in [0.3, 0.4) is 0 Å². The summed E-state index contributed by atoms with van der Waals surface area (Å²) in [7, 11) is 0. The summed E-state index contributed by atoms with van der Waals surface area (Å²) in [5.41, 5.74) is 0.349. The summed E-state index contributed by atoms with van der Waals surface area (Å²) in [6.45, 7) is 11.9. The predicted octanol–water partition coefficient (Wildman–Crippen LogP) is 2.71. The third-order valence-electron chi connectivity index (χ3n) is 3.90. The van der Waals surface area contributed by atoms with E-state index in [9.17, 15) is 0 Å². The highest BCUT2D eigenvalue weighted by Crippen LogP contribution is 2.35. The smallest absolute Gasteiger partial charge is 0.0596 e. The molecule has 2 fully saturated rings. The molecule has 0 amide bonds. The molecular weight excluding hydrogens is 299 g/mol. The molecule has 0 aromatic heterocycles. The van der Waals surface area contributed by atoms with Gasteiger partial charge in [-0.2, -0.15) is 0 Å². The van der Waals surface area contributed by atoms with Gasteiger partial charge in [-0.05, 0) is 40.5 Å². The Hall–Kier alpha value is 0.650. The summed E-state index contributed by atoms with van der Waals surface area (Å²) in [4.78, 5) is 5.41. The maximum Gasteiger partial charge on any atom is 0.0596 e. The first-order valence-corrected chi connectivity index (χ1v) is 7.30. The molecular formula is C12H23IN2. The Bertz CT molecular complexity index is 220. The van der Waals surface area contributed by atoms with E-state index >= 15 is 0 Å². The molecule has 3 atom stereocenters. The molecule has 0 spiro atoms. The van der Waals surface area contributed by atoms with E-state index in [1.165, 1.54) is 25.9 Å². The second kappa shape index (κ2) is 4.15. The van der Waals surface area contributed by atoms with Gasteiger partial charge in [0, 0.05) is 30.7 Å².